The van der Waals surface area contributed by atoms with Crippen LogP contribution in [0, 0.1) is 17.2 Å². The first kappa shape index (κ1) is 22.9. The SMILES string of the molecule is Cn1nc(NC(=O)N2CCC(Cc3cc(Cl)cc(C#N)c3)CC2)ccc1=O.O=CO. The van der Waals surface area contributed by atoms with E-state index in [1.165, 1.54) is 23.9 Å². The van der Waals surface area contributed by atoms with Gasteiger partial charge in [0, 0.05) is 31.2 Å². The largest absolute Gasteiger partial charge is 0.483 e. The summed E-state index contributed by atoms with van der Waals surface area (Å²) in [5, 5.41) is 23.3. The first-order valence-corrected chi connectivity index (χ1v) is 9.61. The Kier molecular flexibility index (Phi) is 8.38. The van der Waals surface area contributed by atoms with Crippen molar-refractivity contribution in [1.29, 1.82) is 5.26 Å². The van der Waals surface area contributed by atoms with E-state index in [1.54, 1.807) is 11.0 Å². The van der Waals surface area contributed by atoms with Gasteiger partial charge in [0.25, 0.3) is 12.0 Å². The molecule has 1 aliphatic heterocycles. The third-order valence-corrected chi connectivity index (χ3v) is 4.93. The molecule has 2 amide bonds. The summed E-state index contributed by atoms with van der Waals surface area (Å²) in [5.41, 5.74) is 1.39. The molecule has 0 atom stereocenters. The summed E-state index contributed by atoms with van der Waals surface area (Å²) in [6, 6.07) is 10.2. The quantitative estimate of drug-likeness (QED) is 0.718. The zero-order valence-corrected chi connectivity index (χ0v) is 17.2. The number of halogens is 1. The molecule has 1 aromatic carbocycles. The van der Waals surface area contributed by atoms with E-state index in [-0.39, 0.29) is 18.1 Å². The highest BCUT2D eigenvalue weighted by atomic mass is 35.5. The summed E-state index contributed by atoms with van der Waals surface area (Å²) < 4.78 is 1.18. The molecule has 30 heavy (non-hydrogen) atoms. The number of likely N-dealkylation sites (tertiary alicyclic amines) is 1. The number of benzene rings is 1. The van der Waals surface area contributed by atoms with E-state index in [0.717, 1.165) is 24.8 Å². The fourth-order valence-electron chi connectivity index (χ4n) is 3.26. The molecule has 0 saturated carbocycles. The zero-order chi connectivity index (χ0) is 22.1. The van der Waals surface area contributed by atoms with Crippen molar-refractivity contribution in [2.45, 2.75) is 19.3 Å². The Bertz CT molecular complexity index is 993. The molecule has 0 radical (unpaired) electrons. The van der Waals surface area contributed by atoms with E-state index < -0.39 is 0 Å². The number of rotatable bonds is 3. The number of hydrogen-bond donors (Lipinski definition) is 2. The third kappa shape index (κ3) is 6.60. The van der Waals surface area contributed by atoms with Crippen molar-refractivity contribution in [2.24, 2.45) is 13.0 Å². The summed E-state index contributed by atoms with van der Waals surface area (Å²) in [6.45, 7) is 1.04. The van der Waals surface area contributed by atoms with Crippen LogP contribution in [0.3, 0.4) is 0 Å². The van der Waals surface area contributed by atoms with Crippen LogP contribution < -0.4 is 10.9 Å². The third-order valence-electron chi connectivity index (χ3n) is 4.71. The monoisotopic (exact) mass is 431 g/mol. The van der Waals surface area contributed by atoms with Gasteiger partial charge in [-0.2, -0.15) is 10.4 Å². The van der Waals surface area contributed by atoms with Gasteiger partial charge in [0.15, 0.2) is 5.82 Å². The van der Waals surface area contributed by atoms with Gasteiger partial charge in [-0.15, -0.1) is 0 Å². The lowest BCUT2D eigenvalue weighted by Gasteiger charge is -2.32. The van der Waals surface area contributed by atoms with Crippen LogP contribution in [0.4, 0.5) is 10.6 Å². The molecule has 1 aliphatic rings. The minimum Gasteiger partial charge on any atom is -0.483 e. The Balaban J connectivity index is 0.00000101. The Morgan fingerprint density at radius 3 is 2.63 bits per heavy atom. The van der Waals surface area contributed by atoms with Crippen molar-refractivity contribution >= 4 is 29.9 Å². The van der Waals surface area contributed by atoms with Crippen molar-refractivity contribution in [3.8, 4) is 6.07 Å². The fraction of sp³-hybridized carbons (Fsp3) is 0.350. The smallest absolute Gasteiger partial charge is 0.323 e. The number of carbonyl (C=O) groups is 2. The zero-order valence-electron chi connectivity index (χ0n) is 16.4. The van der Waals surface area contributed by atoms with Crippen molar-refractivity contribution < 1.29 is 14.7 Å². The van der Waals surface area contributed by atoms with Crippen LogP contribution in [0.25, 0.3) is 0 Å². The van der Waals surface area contributed by atoms with Gasteiger partial charge in [-0.3, -0.25) is 14.9 Å². The van der Waals surface area contributed by atoms with Gasteiger partial charge in [-0.25, -0.2) is 9.48 Å². The number of carbonyl (C=O) groups excluding carboxylic acids is 1. The molecule has 0 aliphatic carbocycles. The second kappa shape index (κ2) is 11.0. The lowest BCUT2D eigenvalue weighted by molar-refractivity contribution is -0.122. The van der Waals surface area contributed by atoms with Gasteiger partial charge < -0.3 is 10.0 Å². The molecule has 1 fully saturated rings. The van der Waals surface area contributed by atoms with E-state index in [9.17, 15) is 9.59 Å². The molecule has 2 aromatic rings. The highest BCUT2D eigenvalue weighted by Crippen LogP contribution is 2.24. The summed E-state index contributed by atoms with van der Waals surface area (Å²) in [4.78, 5) is 33.9. The summed E-state index contributed by atoms with van der Waals surface area (Å²) in [5.74, 6) is 0.793. The molecule has 2 heterocycles. The molecule has 0 spiro atoms. The molecular weight excluding hydrogens is 410 g/mol. The molecule has 1 saturated heterocycles. The maximum absolute atomic E-state index is 12.4. The summed E-state index contributed by atoms with van der Waals surface area (Å²) in [6.07, 6.45) is 2.60. The second-order valence-electron chi connectivity index (χ2n) is 6.81. The number of hydrogen-bond acceptors (Lipinski definition) is 5. The van der Waals surface area contributed by atoms with E-state index >= 15 is 0 Å². The van der Waals surface area contributed by atoms with Gasteiger partial charge >= 0.3 is 6.03 Å². The Labute approximate surface area is 178 Å². The number of aromatic nitrogens is 2. The van der Waals surface area contributed by atoms with Crippen molar-refractivity contribution in [2.75, 3.05) is 18.4 Å². The Morgan fingerprint density at radius 2 is 2.03 bits per heavy atom. The summed E-state index contributed by atoms with van der Waals surface area (Å²) in [7, 11) is 1.54. The number of nitrogens with one attached hydrogen (secondary N) is 1. The van der Waals surface area contributed by atoms with Crippen molar-refractivity contribution in [3.05, 3.63) is 56.8 Å². The maximum atomic E-state index is 12.4. The van der Waals surface area contributed by atoms with Gasteiger partial charge in [-0.05, 0) is 55.0 Å². The van der Waals surface area contributed by atoms with Crippen LogP contribution in [-0.4, -0.2) is 45.4 Å². The molecule has 10 heteroatoms. The van der Waals surface area contributed by atoms with E-state index in [2.05, 4.69) is 16.5 Å². The molecule has 2 N–H and O–H groups in total. The number of nitriles is 1. The lowest BCUT2D eigenvalue weighted by Crippen LogP contribution is -2.41. The average Bonchev–Trinajstić information content (AvgIpc) is 2.71. The minimum atomic E-state index is -0.250. The number of anilines is 1. The minimum absolute atomic E-state index is 0.214. The molecule has 158 valence electrons. The number of carboxylic acid groups (broad SMARTS) is 1. The number of aryl methyl sites for hydroxylation is 1. The number of nitrogens with zero attached hydrogens (tertiary/aromatic N) is 4. The van der Waals surface area contributed by atoms with Crippen LogP contribution in [0.15, 0.2) is 35.1 Å². The number of amides is 2. The Morgan fingerprint density at radius 1 is 1.37 bits per heavy atom. The van der Waals surface area contributed by atoms with Crippen LogP contribution >= 0.6 is 11.6 Å². The van der Waals surface area contributed by atoms with E-state index in [0.29, 0.717) is 35.4 Å². The first-order valence-electron chi connectivity index (χ1n) is 9.24. The Hall–Kier alpha value is -3.38. The highest BCUT2D eigenvalue weighted by Gasteiger charge is 2.23. The standard InChI is InChI=1S/C19H20ClN5O2.CH2O2/c1-24-18(26)3-2-17(23-24)22-19(27)25-6-4-13(5-7-25)8-14-9-15(12-21)11-16(20)10-14;2-1-3/h2-3,9-11,13H,4-8H2,1H3,(H,22,23,27);1H,(H,2,3). The van der Waals surface area contributed by atoms with Gasteiger partial charge in [0.1, 0.15) is 0 Å². The van der Waals surface area contributed by atoms with E-state index in [1.807, 2.05) is 12.1 Å². The van der Waals surface area contributed by atoms with Crippen molar-refractivity contribution in [1.82, 2.24) is 14.7 Å². The van der Waals surface area contributed by atoms with Gasteiger partial charge in [0.05, 0.1) is 11.6 Å². The molecule has 3 rings (SSSR count). The molecule has 0 bridgehead atoms. The normalized spacial score (nSPS) is 13.6. The molecular formula is C20H22ClN5O4. The average molecular weight is 432 g/mol. The van der Waals surface area contributed by atoms with Crippen LogP contribution in [0.2, 0.25) is 5.02 Å². The predicted octanol–water partition coefficient (Wildman–Crippen LogP) is 2.49. The number of piperidine rings is 1. The second-order valence-corrected chi connectivity index (χ2v) is 7.25. The molecule has 1 aromatic heterocycles. The maximum Gasteiger partial charge on any atom is 0.323 e. The first-order chi connectivity index (χ1) is 14.4. The fourth-order valence-corrected chi connectivity index (χ4v) is 3.52. The van der Waals surface area contributed by atoms with Gasteiger partial charge in [0.2, 0.25) is 0 Å². The number of urea groups is 1. The van der Waals surface area contributed by atoms with Crippen LogP contribution in [0.5, 0.6) is 0 Å². The van der Waals surface area contributed by atoms with Crippen LogP contribution in [-0.2, 0) is 18.3 Å². The lowest BCUT2D eigenvalue weighted by atomic mass is 9.90. The topological polar surface area (TPSA) is 128 Å². The van der Waals surface area contributed by atoms with Crippen molar-refractivity contribution in [3.63, 3.8) is 0 Å². The molecule has 0 unspecified atom stereocenters. The highest BCUT2D eigenvalue weighted by molar-refractivity contribution is 6.30. The molecule has 9 nitrogen and oxygen atoms in total. The van der Waals surface area contributed by atoms with Gasteiger partial charge in [-0.1, -0.05) is 11.6 Å². The predicted molar refractivity (Wildman–Crippen MR) is 111 cm³/mol. The van der Waals surface area contributed by atoms with E-state index in [4.69, 9.17) is 26.8 Å². The summed E-state index contributed by atoms with van der Waals surface area (Å²) >= 11 is 6.07. The van der Waals surface area contributed by atoms with Crippen LogP contribution in [0.1, 0.15) is 24.0 Å².